The number of nitrogens with two attached hydrogens (primary N) is 1. The molecule has 0 radical (unpaired) electrons. The molecule has 2 unspecified atom stereocenters. The van der Waals surface area contributed by atoms with Crippen molar-refractivity contribution in [2.24, 2.45) is 5.73 Å². The maximum atomic E-state index is 14.2. The number of benzene rings is 1. The molecule has 1 aliphatic rings. The van der Waals surface area contributed by atoms with Crippen LogP contribution >= 0.6 is 0 Å². The van der Waals surface area contributed by atoms with Crippen molar-refractivity contribution in [1.82, 2.24) is 15.5 Å². The van der Waals surface area contributed by atoms with Gasteiger partial charge in [-0.05, 0) is 91.0 Å². The molecule has 0 aromatic heterocycles. The highest BCUT2D eigenvalue weighted by atomic mass is 16.6. The minimum atomic E-state index is -1.17. The van der Waals surface area contributed by atoms with Crippen LogP contribution in [0.15, 0.2) is 18.2 Å². The van der Waals surface area contributed by atoms with Gasteiger partial charge in [0.1, 0.15) is 23.4 Å². The molecule has 0 aliphatic heterocycles. The lowest BCUT2D eigenvalue weighted by Crippen LogP contribution is -2.59. The van der Waals surface area contributed by atoms with Crippen LogP contribution in [0.1, 0.15) is 104 Å². The van der Waals surface area contributed by atoms with Gasteiger partial charge < -0.3 is 31.1 Å². The second-order valence-electron chi connectivity index (χ2n) is 12.4. The Kier molecular flexibility index (Phi) is 10.8. The normalized spacial score (nSPS) is 16.1. The molecule has 1 aliphatic carbocycles. The number of amides is 4. The van der Waals surface area contributed by atoms with Crippen LogP contribution in [-0.2, 0) is 19.1 Å². The fraction of sp³-hybridized carbons (Fsp3) is 0.655. The molecule has 1 aromatic rings. The first kappa shape index (κ1) is 31.9. The number of primary amides is 1. The standard InChI is InChI=1S/C29H46N4O6/c1-18-17-19(13-15-22(18)34)24(25(36)31-20-11-9-8-10-12-20)33(28(2,3)4)26(37)21(14-16-23(30)35)32-27(38)39-29(5,6)7/h13,15,17,20-21,24,34H,8-12,14,16H2,1-7H3,(H2,30,35)(H,31,36)(H,32,38). The predicted octanol–water partition coefficient (Wildman–Crippen LogP) is 3.98. The monoisotopic (exact) mass is 546 g/mol. The van der Waals surface area contributed by atoms with Crippen LogP contribution in [-0.4, -0.2) is 57.0 Å². The van der Waals surface area contributed by atoms with Gasteiger partial charge in [-0.3, -0.25) is 14.4 Å². The van der Waals surface area contributed by atoms with Gasteiger partial charge in [-0.25, -0.2) is 4.79 Å². The number of hydrogen-bond acceptors (Lipinski definition) is 6. The lowest BCUT2D eigenvalue weighted by atomic mass is 9.92. The Hall–Kier alpha value is -3.30. The number of carbonyl (C=O) groups is 4. The van der Waals surface area contributed by atoms with Gasteiger partial charge in [-0.15, -0.1) is 0 Å². The van der Waals surface area contributed by atoms with Gasteiger partial charge in [0.05, 0.1) is 0 Å². The third-order valence-corrected chi connectivity index (χ3v) is 6.62. The average Bonchev–Trinajstić information content (AvgIpc) is 2.80. The van der Waals surface area contributed by atoms with Gasteiger partial charge in [-0.2, -0.15) is 0 Å². The van der Waals surface area contributed by atoms with E-state index in [4.69, 9.17) is 10.5 Å². The van der Waals surface area contributed by atoms with E-state index in [1.807, 2.05) is 0 Å². The Morgan fingerprint density at radius 3 is 2.21 bits per heavy atom. The van der Waals surface area contributed by atoms with Crippen LogP contribution in [0, 0.1) is 6.92 Å². The number of hydrogen-bond donors (Lipinski definition) is 4. The van der Waals surface area contributed by atoms with E-state index in [0.717, 1.165) is 32.1 Å². The maximum absolute atomic E-state index is 14.2. The number of phenolic OH excluding ortho intramolecular Hbond substituents is 1. The Balaban J connectivity index is 2.55. The molecule has 218 valence electrons. The molecule has 0 saturated heterocycles. The van der Waals surface area contributed by atoms with Crippen LogP contribution in [0.4, 0.5) is 4.79 Å². The van der Waals surface area contributed by atoms with E-state index in [1.54, 1.807) is 60.6 Å². The van der Waals surface area contributed by atoms with Crippen LogP contribution < -0.4 is 16.4 Å². The summed E-state index contributed by atoms with van der Waals surface area (Å²) in [6, 6.07) is 2.57. The molecule has 2 rings (SSSR count). The van der Waals surface area contributed by atoms with E-state index in [9.17, 15) is 24.3 Å². The molecule has 1 fully saturated rings. The lowest BCUT2D eigenvalue weighted by Gasteiger charge is -2.43. The maximum Gasteiger partial charge on any atom is 0.408 e. The minimum Gasteiger partial charge on any atom is -0.508 e. The highest BCUT2D eigenvalue weighted by molar-refractivity contribution is 5.93. The SMILES string of the molecule is Cc1cc(C(C(=O)NC2CCCCC2)N(C(=O)C(CCC(N)=O)NC(=O)OC(C)(C)C)C(C)(C)C)ccc1O. The first-order valence-electron chi connectivity index (χ1n) is 13.7. The summed E-state index contributed by atoms with van der Waals surface area (Å²) in [6.45, 7) is 12.2. The fourth-order valence-corrected chi connectivity index (χ4v) is 4.80. The van der Waals surface area contributed by atoms with Gasteiger partial charge in [-0.1, -0.05) is 25.3 Å². The molecule has 1 saturated carbocycles. The summed E-state index contributed by atoms with van der Waals surface area (Å²) in [5.74, 6) is -1.45. The number of ether oxygens (including phenoxy) is 1. The van der Waals surface area contributed by atoms with E-state index >= 15 is 0 Å². The lowest BCUT2D eigenvalue weighted by molar-refractivity contribution is -0.149. The van der Waals surface area contributed by atoms with Crippen molar-refractivity contribution in [3.63, 3.8) is 0 Å². The van der Waals surface area contributed by atoms with E-state index < -0.39 is 41.1 Å². The Labute approximate surface area is 232 Å². The zero-order chi connectivity index (χ0) is 29.5. The molecular weight excluding hydrogens is 500 g/mol. The van der Waals surface area contributed by atoms with Crippen LogP contribution in [0.3, 0.4) is 0 Å². The van der Waals surface area contributed by atoms with Crippen molar-refractivity contribution in [2.75, 3.05) is 0 Å². The van der Waals surface area contributed by atoms with Crippen molar-refractivity contribution in [2.45, 2.75) is 123 Å². The van der Waals surface area contributed by atoms with Gasteiger partial charge in [0.2, 0.25) is 17.7 Å². The van der Waals surface area contributed by atoms with Crippen molar-refractivity contribution < 1.29 is 29.0 Å². The number of alkyl carbamates (subject to hydrolysis) is 1. The average molecular weight is 547 g/mol. The zero-order valence-corrected chi connectivity index (χ0v) is 24.4. The minimum absolute atomic E-state index is 0.00516. The number of phenols is 1. The third-order valence-electron chi connectivity index (χ3n) is 6.62. The Bertz CT molecular complexity index is 1040. The van der Waals surface area contributed by atoms with Crippen molar-refractivity contribution >= 4 is 23.8 Å². The molecule has 1 aromatic carbocycles. The molecule has 2 atom stereocenters. The zero-order valence-electron chi connectivity index (χ0n) is 24.4. The summed E-state index contributed by atoms with van der Waals surface area (Å²) in [5, 5.41) is 15.9. The van der Waals surface area contributed by atoms with Crippen molar-refractivity contribution in [3.8, 4) is 5.75 Å². The van der Waals surface area contributed by atoms with Crippen LogP contribution in [0.5, 0.6) is 5.75 Å². The number of rotatable bonds is 9. The van der Waals surface area contributed by atoms with Gasteiger partial charge in [0.25, 0.3) is 0 Å². The number of nitrogens with zero attached hydrogens (tertiary/aromatic N) is 1. The topological polar surface area (TPSA) is 151 Å². The summed E-state index contributed by atoms with van der Waals surface area (Å²) in [7, 11) is 0. The molecule has 5 N–H and O–H groups in total. The summed E-state index contributed by atoms with van der Waals surface area (Å²) in [5.41, 5.74) is 4.77. The van der Waals surface area contributed by atoms with Gasteiger partial charge >= 0.3 is 6.09 Å². The first-order chi connectivity index (χ1) is 18.0. The molecule has 10 heteroatoms. The molecule has 39 heavy (non-hydrogen) atoms. The smallest absolute Gasteiger partial charge is 0.408 e. The summed E-state index contributed by atoms with van der Waals surface area (Å²) in [4.78, 5) is 53.9. The van der Waals surface area contributed by atoms with Crippen molar-refractivity contribution in [3.05, 3.63) is 29.3 Å². The van der Waals surface area contributed by atoms with Crippen molar-refractivity contribution in [1.29, 1.82) is 0 Å². The molecule has 0 spiro atoms. The molecular formula is C29H46N4O6. The number of aromatic hydroxyl groups is 1. The second kappa shape index (κ2) is 13.2. The predicted molar refractivity (Wildman–Crippen MR) is 149 cm³/mol. The first-order valence-corrected chi connectivity index (χ1v) is 13.7. The second-order valence-corrected chi connectivity index (χ2v) is 12.4. The highest BCUT2D eigenvalue weighted by Gasteiger charge is 2.42. The van der Waals surface area contributed by atoms with Gasteiger partial charge in [0, 0.05) is 18.0 Å². The van der Waals surface area contributed by atoms with E-state index in [1.165, 1.54) is 11.0 Å². The molecule has 10 nitrogen and oxygen atoms in total. The van der Waals surface area contributed by atoms with E-state index in [2.05, 4.69) is 10.6 Å². The Morgan fingerprint density at radius 1 is 1.08 bits per heavy atom. The molecule has 0 heterocycles. The third kappa shape index (κ3) is 9.75. The highest BCUT2D eigenvalue weighted by Crippen LogP contribution is 2.33. The number of carbonyl (C=O) groups excluding carboxylic acids is 4. The van der Waals surface area contributed by atoms with Crippen LogP contribution in [0.25, 0.3) is 0 Å². The summed E-state index contributed by atoms with van der Waals surface area (Å²) in [6.07, 6.45) is 3.85. The van der Waals surface area contributed by atoms with E-state index in [0.29, 0.717) is 11.1 Å². The summed E-state index contributed by atoms with van der Waals surface area (Å²) < 4.78 is 5.37. The number of nitrogens with one attached hydrogen (secondary N) is 2. The number of aryl methyl sites for hydroxylation is 1. The van der Waals surface area contributed by atoms with Crippen LogP contribution in [0.2, 0.25) is 0 Å². The molecule has 4 amide bonds. The molecule has 0 bridgehead atoms. The summed E-state index contributed by atoms with van der Waals surface area (Å²) >= 11 is 0. The Morgan fingerprint density at radius 2 is 1.69 bits per heavy atom. The van der Waals surface area contributed by atoms with Gasteiger partial charge in [0.15, 0.2) is 0 Å². The quantitative estimate of drug-likeness (QED) is 0.368. The fourth-order valence-electron chi connectivity index (χ4n) is 4.80. The van der Waals surface area contributed by atoms with E-state index in [-0.39, 0.29) is 30.5 Å². The largest absolute Gasteiger partial charge is 0.508 e.